The van der Waals surface area contributed by atoms with Crippen LogP contribution in [0.3, 0.4) is 0 Å². The number of nitrogens with zero attached hydrogens (tertiary/aromatic N) is 1. The molecule has 12 heteroatoms. The van der Waals surface area contributed by atoms with E-state index >= 15 is 0 Å². The number of carbonyl (C=O) groups excluding carboxylic acids is 2. The number of nitrogens with one attached hydrogen (secondary N) is 1. The van der Waals surface area contributed by atoms with Crippen molar-refractivity contribution in [1.82, 2.24) is 0 Å². The standard InChI is InChI=1S/C27H30F5N3O4/c1-25(2,3)21-13-26(39-24(33)37,10-11-35(21)19-12-15(28)4-6-17(19)27(30,31)32)14-38-20-8-7-18(29)23-16(20)5-9-22(36)34-23/h4,6-8,12,21H,5,9-11,13-14H2,1-3H3,(H2,33,37)(H,34,36). The molecule has 2 aliphatic heterocycles. The number of amides is 2. The fourth-order valence-electron chi connectivity index (χ4n) is 5.32. The van der Waals surface area contributed by atoms with E-state index in [-0.39, 0.29) is 61.9 Å². The van der Waals surface area contributed by atoms with Crippen molar-refractivity contribution in [3.63, 3.8) is 0 Å². The number of ether oxygens (including phenoxy) is 2. The molecule has 0 spiro atoms. The van der Waals surface area contributed by atoms with Gasteiger partial charge in [0.25, 0.3) is 0 Å². The second-order valence-corrected chi connectivity index (χ2v) is 11.0. The van der Waals surface area contributed by atoms with Crippen molar-refractivity contribution in [1.29, 1.82) is 0 Å². The van der Waals surface area contributed by atoms with Crippen LogP contribution in [0.15, 0.2) is 30.3 Å². The van der Waals surface area contributed by atoms with Crippen LogP contribution >= 0.6 is 0 Å². The molecule has 1 fully saturated rings. The Morgan fingerprint density at radius 3 is 2.51 bits per heavy atom. The molecule has 2 heterocycles. The zero-order chi connectivity index (χ0) is 28.8. The second-order valence-electron chi connectivity index (χ2n) is 11.0. The third-order valence-electron chi connectivity index (χ3n) is 7.22. The van der Waals surface area contributed by atoms with Crippen molar-refractivity contribution in [2.24, 2.45) is 11.1 Å². The van der Waals surface area contributed by atoms with Crippen molar-refractivity contribution in [3.8, 4) is 5.75 Å². The van der Waals surface area contributed by atoms with E-state index in [1.165, 1.54) is 11.0 Å². The summed E-state index contributed by atoms with van der Waals surface area (Å²) in [5, 5.41) is 2.49. The molecule has 212 valence electrons. The minimum absolute atomic E-state index is 0.0155. The van der Waals surface area contributed by atoms with Crippen LogP contribution in [0.2, 0.25) is 0 Å². The van der Waals surface area contributed by atoms with Crippen LogP contribution in [-0.4, -0.2) is 36.8 Å². The predicted molar refractivity (Wildman–Crippen MR) is 133 cm³/mol. The van der Waals surface area contributed by atoms with E-state index in [1.807, 2.05) is 20.8 Å². The highest BCUT2D eigenvalue weighted by molar-refractivity contribution is 5.94. The largest absolute Gasteiger partial charge is 0.489 e. The Morgan fingerprint density at radius 2 is 1.87 bits per heavy atom. The highest BCUT2D eigenvalue weighted by atomic mass is 19.4. The number of anilines is 2. The van der Waals surface area contributed by atoms with Gasteiger partial charge in [0.2, 0.25) is 5.91 Å². The van der Waals surface area contributed by atoms with Gasteiger partial charge in [-0.15, -0.1) is 0 Å². The first-order valence-electron chi connectivity index (χ1n) is 12.5. The van der Waals surface area contributed by atoms with Crippen LogP contribution in [-0.2, 0) is 22.1 Å². The number of rotatable bonds is 5. The summed E-state index contributed by atoms with van der Waals surface area (Å²) in [4.78, 5) is 25.2. The van der Waals surface area contributed by atoms with E-state index in [0.717, 1.165) is 18.2 Å². The number of carbonyl (C=O) groups is 2. The van der Waals surface area contributed by atoms with Crippen LogP contribution in [0.5, 0.6) is 5.75 Å². The summed E-state index contributed by atoms with van der Waals surface area (Å²) in [6.45, 7) is 5.20. The lowest BCUT2D eigenvalue weighted by molar-refractivity contribution is -0.137. The molecule has 0 saturated carbocycles. The minimum atomic E-state index is -4.72. The zero-order valence-electron chi connectivity index (χ0n) is 21.8. The summed E-state index contributed by atoms with van der Waals surface area (Å²) in [5.41, 5.74) is 2.59. The maximum Gasteiger partial charge on any atom is 0.418 e. The number of hydrogen-bond acceptors (Lipinski definition) is 5. The first kappa shape index (κ1) is 28.4. The fraction of sp³-hybridized carbons (Fsp3) is 0.481. The Kier molecular flexibility index (Phi) is 7.44. The molecule has 4 rings (SSSR count). The van der Waals surface area contributed by atoms with Gasteiger partial charge in [0.15, 0.2) is 5.60 Å². The maximum atomic E-state index is 14.3. The molecule has 0 radical (unpaired) electrons. The number of benzene rings is 2. The third-order valence-corrected chi connectivity index (χ3v) is 7.22. The summed E-state index contributed by atoms with van der Waals surface area (Å²) < 4.78 is 81.7. The normalized spacial score (nSPS) is 21.7. The summed E-state index contributed by atoms with van der Waals surface area (Å²) in [5.74, 6) is -1.49. The Bertz CT molecular complexity index is 1280. The smallest absolute Gasteiger partial charge is 0.418 e. The number of alkyl halides is 3. The molecule has 2 unspecified atom stereocenters. The molecule has 2 aromatic carbocycles. The van der Waals surface area contributed by atoms with Crippen molar-refractivity contribution >= 4 is 23.4 Å². The Morgan fingerprint density at radius 1 is 1.15 bits per heavy atom. The Labute approximate surface area is 222 Å². The highest BCUT2D eigenvalue weighted by Gasteiger charge is 2.49. The maximum absolute atomic E-state index is 14.3. The third kappa shape index (κ3) is 6.04. The second kappa shape index (κ2) is 10.2. The number of halogens is 5. The van der Waals surface area contributed by atoms with E-state index < -0.39 is 46.5 Å². The Hall–Kier alpha value is -3.57. The summed E-state index contributed by atoms with van der Waals surface area (Å²) in [6, 6.07) is 4.23. The monoisotopic (exact) mass is 555 g/mol. The molecule has 7 nitrogen and oxygen atoms in total. The lowest BCUT2D eigenvalue weighted by atomic mass is 9.74. The summed E-state index contributed by atoms with van der Waals surface area (Å²) in [6.07, 6.45) is -5.40. The van der Waals surface area contributed by atoms with Crippen LogP contribution in [0.1, 0.15) is 51.2 Å². The van der Waals surface area contributed by atoms with Gasteiger partial charge in [-0.2, -0.15) is 13.2 Å². The van der Waals surface area contributed by atoms with Gasteiger partial charge in [0.1, 0.15) is 24.0 Å². The predicted octanol–water partition coefficient (Wildman–Crippen LogP) is 5.80. The van der Waals surface area contributed by atoms with Crippen LogP contribution in [0.25, 0.3) is 0 Å². The molecule has 2 aliphatic rings. The molecular formula is C27H30F5N3O4. The van der Waals surface area contributed by atoms with E-state index in [1.54, 1.807) is 0 Å². The molecular weight excluding hydrogens is 525 g/mol. The lowest BCUT2D eigenvalue weighted by Crippen LogP contribution is -2.59. The van der Waals surface area contributed by atoms with Crippen LogP contribution < -0.4 is 20.7 Å². The summed E-state index contributed by atoms with van der Waals surface area (Å²) in [7, 11) is 0. The molecule has 3 N–H and O–H groups in total. The molecule has 2 aromatic rings. The van der Waals surface area contributed by atoms with Crippen LogP contribution in [0, 0.1) is 17.0 Å². The van der Waals surface area contributed by atoms with Crippen molar-refractivity contribution < 1.29 is 41.0 Å². The quantitative estimate of drug-likeness (QED) is 0.455. The van der Waals surface area contributed by atoms with Gasteiger partial charge in [-0.3, -0.25) is 4.79 Å². The van der Waals surface area contributed by atoms with Crippen molar-refractivity contribution in [3.05, 3.63) is 53.1 Å². The average Bonchev–Trinajstić information content (AvgIpc) is 2.82. The molecule has 39 heavy (non-hydrogen) atoms. The van der Waals surface area contributed by atoms with Gasteiger partial charge in [-0.1, -0.05) is 20.8 Å². The van der Waals surface area contributed by atoms with Crippen molar-refractivity contribution in [2.75, 3.05) is 23.4 Å². The molecule has 1 saturated heterocycles. The van der Waals surface area contributed by atoms with Gasteiger partial charge in [-0.05, 0) is 42.2 Å². The van der Waals surface area contributed by atoms with Gasteiger partial charge >= 0.3 is 12.3 Å². The average molecular weight is 556 g/mol. The summed E-state index contributed by atoms with van der Waals surface area (Å²) >= 11 is 0. The molecule has 2 atom stereocenters. The van der Waals surface area contributed by atoms with E-state index in [4.69, 9.17) is 15.2 Å². The van der Waals surface area contributed by atoms with E-state index in [0.29, 0.717) is 11.6 Å². The number of fused-ring (bicyclic) bond motifs is 1. The van der Waals surface area contributed by atoms with E-state index in [2.05, 4.69) is 5.32 Å². The highest BCUT2D eigenvalue weighted by Crippen LogP contribution is 2.45. The zero-order valence-corrected chi connectivity index (χ0v) is 21.8. The minimum Gasteiger partial charge on any atom is -0.489 e. The number of piperidine rings is 1. The Balaban J connectivity index is 1.68. The van der Waals surface area contributed by atoms with Gasteiger partial charge < -0.3 is 25.4 Å². The molecule has 0 bridgehead atoms. The van der Waals surface area contributed by atoms with Gasteiger partial charge in [0, 0.05) is 37.4 Å². The molecule has 2 amide bonds. The van der Waals surface area contributed by atoms with Crippen molar-refractivity contribution in [2.45, 2.75) is 64.3 Å². The molecule has 0 aliphatic carbocycles. The number of nitrogens with two attached hydrogens (primary N) is 1. The van der Waals surface area contributed by atoms with Crippen LogP contribution in [0.4, 0.5) is 38.1 Å². The first-order valence-corrected chi connectivity index (χ1v) is 12.5. The molecule has 0 aromatic heterocycles. The lowest BCUT2D eigenvalue weighted by Gasteiger charge is -2.51. The number of hydrogen-bond donors (Lipinski definition) is 2. The fourth-order valence-corrected chi connectivity index (χ4v) is 5.32. The SMILES string of the molecule is CC(C)(C)C1CC(COc2ccc(F)c3c2CCC(=O)N3)(OC(N)=O)CCN1c1cc(F)ccc1C(F)(F)F. The number of primary amides is 1. The topological polar surface area (TPSA) is 93.9 Å². The van der Waals surface area contributed by atoms with Gasteiger partial charge in [-0.25, -0.2) is 13.6 Å². The van der Waals surface area contributed by atoms with E-state index in [9.17, 15) is 31.5 Å². The first-order chi connectivity index (χ1) is 18.1. The van der Waals surface area contributed by atoms with Gasteiger partial charge in [0.05, 0.1) is 16.9 Å².